The average molecular weight is 274 g/mol. The summed E-state index contributed by atoms with van der Waals surface area (Å²) in [4.78, 5) is 0. The van der Waals surface area contributed by atoms with Crippen LogP contribution >= 0.6 is 0 Å². The predicted octanol–water partition coefficient (Wildman–Crippen LogP) is 4.27. The highest BCUT2D eigenvalue weighted by molar-refractivity contribution is 5.37. The van der Waals surface area contributed by atoms with E-state index >= 15 is 0 Å². The maximum absolute atomic E-state index is 10.6. The molecule has 0 aromatic heterocycles. The van der Waals surface area contributed by atoms with Crippen LogP contribution in [0.5, 0.6) is 5.75 Å². The number of aliphatic hydroxyl groups is 1. The van der Waals surface area contributed by atoms with E-state index in [0.717, 1.165) is 25.2 Å². The van der Waals surface area contributed by atoms with Gasteiger partial charge in [0.15, 0.2) is 0 Å². The van der Waals surface area contributed by atoms with Gasteiger partial charge in [0.2, 0.25) is 0 Å². The van der Waals surface area contributed by atoms with E-state index in [1.807, 2.05) is 6.07 Å². The quantitative estimate of drug-likeness (QED) is 0.834. The second-order valence-corrected chi connectivity index (χ2v) is 6.43. The second kappa shape index (κ2) is 6.62. The number of hydrogen-bond acceptors (Lipinski definition) is 2. The average Bonchev–Trinajstić information content (AvgIpc) is 2.77. The molecule has 1 saturated carbocycles. The fourth-order valence-corrected chi connectivity index (χ4v) is 3.84. The first-order chi connectivity index (χ1) is 9.84. The van der Waals surface area contributed by atoms with Crippen LogP contribution in [0, 0.1) is 5.92 Å². The SMILES string of the molecule is OC(CC1CCOc2ccccc21)C1CCCCCC1. The van der Waals surface area contributed by atoms with Gasteiger partial charge >= 0.3 is 0 Å². The molecule has 1 aromatic carbocycles. The topological polar surface area (TPSA) is 29.5 Å². The molecule has 2 unspecified atom stereocenters. The third-order valence-corrected chi connectivity index (χ3v) is 5.05. The van der Waals surface area contributed by atoms with E-state index in [1.54, 1.807) is 0 Å². The molecule has 2 atom stereocenters. The van der Waals surface area contributed by atoms with Crippen LogP contribution in [0.25, 0.3) is 0 Å². The molecule has 0 saturated heterocycles. The number of aliphatic hydroxyl groups excluding tert-OH is 1. The second-order valence-electron chi connectivity index (χ2n) is 6.43. The normalized spacial score (nSPS) is 25.4. The Morgan fingerprint density at radius 1 is 1.05 bits per heavy atom. The zero-order valence-corrected chi connectivity index (χ0v) is 12.3. The molecule has 3 rings (SSSR count). The molecule has 1 aliphatic heterocycles. The van der Waals surface area contributed by atoms with Gasteiger partial charge in [-0.15, -0.1) is 0 Å². The smallest absolute Gasteiger partial charge is 0.122 e. The minimum absolute atomic E-state index is 0.135. The number of rotatable bonds is 3. The van der Waals surface area contributed by atoms with E-state index < -0.39 is 0 Å². The van der Waals surface area contributed by atoms with Crippen molar-refractivity contribution in [2.24, 2.45) is 5.92 Å². The molecule has 20 heavy (non-hydrogen) atoms. The predicted molar refractivity (Wildman–Crippen MR) is 81.1 cm³/mol. The summed E-state index contributed by atoms with van der Waals surface area (Å²) in [7, 11) is 0. The van der Waals surface area contributed by atoms with Crippen molar-refractivity contribution in [3.63, 3.8) is 0 Å². The molecular formula is C18H26O2. The first-order valence-corrected chi connectivity index (χ1v) is 8.24. The van der Waals surface area contributed by atoms with Crippen LogP contribution < -0.4 is 4.74 Å². The van der Waals surface area contributed by atoms with Gasteiger partial charge in [-0.3, -0.25) is 0 Å². The summed E-state index contributed by atoms with van der Waals surface area (Å²) >= 11 is 0. The summed E-state index contributed by atoms with van der Waals surface area (Å²) in [5, 5.41) is 10.6. The Hall–Kier alpha value is -1.02. The molecule has 110 valence electrons. The van der Waals surface area contributed by atoms with Crippen molar-refractivity contribution in [3.05, 3.63) is 29.8 Å². The van der Waals surface area contributed by atoms with Gasteiger partial charge in [-0.25, -0.2) is 0 Å². The van der Waals surface area contributed by atoms with Crippen molar-refractivity contribution in [3.8, 4) is 5.75 Å². The van der Waals surface area contributed by atoms with E-state index in [9.17, 15) is 5.11 Å². The third kappa shape index (κ3) is 3.17. The van der Waals surface area contributed by atoms with Gasteiger partial charge < -0.3 is 9.84 Å². The summed E-state index contributed by atoms with van der Waals surface area (Å²) in [6, 6.07) is 8.33. The summed E-state index contributed by atoms with van der Waals surface area (Å²) in [6.07, 6.45) is 9.54. The van der Waals surface area contributed by atoms with Crippen molar-refractivity contribution in [2.75, 3.05) is 6.61 Å². The van der Waals surface area contributed by atoms with Crippen molar-refractivity contribution in [1.29, 1.82) is 0 Å². The number of fused-ring (bicyclic) bond motifs is 1. The zero-order chi connectivity index (χ0) is 13.8. The van der Waals surface area contributed by atoms with Gasteiger partial charge in [0, 0.05) is 0 Å². The van der Waals surface area contributed by atoms with Crippen LogP contribution in [0.3, 0.4) is 0 Å². The van der Waals surface area contributed by atoms with Crippen molar-refractivity contribution in [1.82, 2.24) is 0 Å². The van der Waals surface area contributed by atoms with Crippen LogP contribution in [-0.2, 0) is 0 Å². The first kappa shape index (κ1) is 13.9. The molecule has 1 aliphatic carbocycles. The monoisotopic (exact) mass is 274 g/mol. The number of para-hydroxylation sites is 1. The summed E-state index contributed by atoms with van der Waals surface area (Å²) in [6.45, 7) is 0.791. The highest BCUT2D eigenvalue weighted by Gasteiger charge is 2.27. The molecule has 1 heterocycles. The minimum Gasteiger partial charge on any atom is -0.493 e. The Bertz CT molecular complexity index is 421. The Kier molecular flexibility index (Phi) is 4.62. The molecule has 0 amide bonds. The Morgan fingerprint density at radius 2 is 1.80 bits per heavy atom. The van der Waals surface area contributed by atoms with Gasteiger partial charge in [0.1, 0.15) is 5.75 Å². The lowest BCUT2D eigenvalue weighted by Gasteiger charge is -2.30. The molecule has 0 radical (unpaired) electrons. The molecule has 0 bridgehead atoms. The van der Waals surface area contributed by atoms with Crippen LogP contribution in [0.2, 0.25) is 0 Å². The highest BCUT2D eigenvalue weighted by Crippen LogP contribution is 2.38. The van der Waals surface area contributed by atoms with Crippen molar-refractivity contribution in [2.45, 2.75) is 63.4 Å². The van der Waals surface area contributed by atoms with Gasteiger partial charge in [-0.1, -0.05) is 43.9 Å². The fourth-order valence-electron chi connectivity index (χ4n) is 3.84. The van der Waals surface area contributed by atoms with Gasteiger partial charge in [0.25, 0.3) is 0 Å². The lowest BCUT2D eigenvalue weighted by atomic mass is 9.82. The van der Waals surface area contributed by atoms with Gasteiger partial charge in [0.05, 0.1) is 12.7 Å². The van der Waals surface area contributed by atoms with Crippen LogP contribution in [0.15, 0.2) is 24.3 Å². The lowest BCUT2D eigenvalue weighted by Crippen LogP contribution is -2.25. The van der Waals surface area contributed by atoms with Crippen LogP contribution in [0.1, 0.15) is 62.8 Å². The number of benzene rings is 1. The van der Waals surface area contributed by atoms with E-state index in [0.29, 0.717) is 11.8 Å². The largest absolute Gasteiger partial charge is 0.493 e. The molecule has 2 nitrogen and oxygen atoms in total. The fraction of sp³-hybridized carbons (Fsp3) is 0.667. The molecular weight excluding hydrogens is 248 g/mol. The molecule has 0 spiro atoms. The summed E-state index contributed by atoms with van der Waals surface area (Å²) in [5.41, 5.74) is 1.30. The van der Waals surface area contributed by atoms with Gasteiger partial charge in [-0.05, 0) is 49.1 Å². The molecule has 1 aromatic rings. The van der Waals surface area contributed by atoms with E-state index in [4.69, 9.17) is 4.74 Å². The third-order valence-electron chi connectivity index (χ3n) is 5.05. The standard InChI is InChI=1S/C18H26O2/c19-17(14-7-3-1-2-4-8-14)13-15-11-12-20-18-10-6-5-9-16(15)18/h5-6,9-10,14-15,17,19H,1-4,7-8,11-13H2. The van der Waals surface area contributed by atoms with E-state index in [2.05, 4.69) is 18.2 Å². The van der Waals surface area contributed by atoms with Crippen molar-refractivity contribution < 1.29 is 9.84 Å². The Balaban J connectivity index is 1.65. The molecule has 2 heteroatoms. The van der Waals surface area contributed by atoms with Crippen molar-refractivity contribution >= 4 is 0 Å². The highest BCUT2D eigenvalue weighted by atomic mass is 16.5. The summed E-state index contributed by atoms with van der Waals surface area (Å²) < 4.78 is 5.72. The van der Waals surface area contributed by atoms with Crippen LogP contribution in [0.4, 0.5) is 0 Å². The Morgan fingerprint density at radius 3 is 2.60 bits per heavy atom. The Labute approximate surface area is 122 Å². The van der Waals surface area contributed by atoms with E-state index in [1.165, 1.54) is 44.1 Å². The number of hydrogen-bond donors (Lipinski definition) is 1. The first-order valence-electron chi connectivity index (χ1n) is 8.24. The molecule has 1 fully saturated rings. The minimum atomic E-state index is -0.135. The molecule has 2 aliphatic rings. The van der Waals surface area contributed by atoms with Crippen LogP contribution in [-0.4, -0.2) is 17.8 Å². The molecule has 1 N–H and O–H groups in total. The lowest BCUT2D eigenvalue weighted by molar-refractivity contribution is 0.0775. The maximum Gasteiger partial charge on any atom is 0.122 e. The maximum atomic E-state index is 10.6. The van der Waals surface area contributed by atoms with E-state index in [-0.39, 0.29) is 6.10 Å². The zero-order valence-electron chi connectivity index (χ0n) is 12.3. The number of ether oxygens (including phenoxy) is 1. The summed E-state index contributed by atoms with van der Waals surface area (Å²) in [5.74, 6) is 2.02. The van der Waals surface area contributed by atoms with Gasteiger partial charge in [-0.2, -0.15) is 0 Å².